The van der Waals surface area contributed by atoms with Gasteiger partial charge in [-0.15, -0.1) is 0 Å². The molecule has 0 unspecified atom stereocenters. The van der Waals surface area contributed by atoms with Crippen molar-refractivity contribution < 1.29 is 9.59 Å². The van der Waals surface area contributed by atoms with E-state index >= 15 is 0 Å². The number of benzene rings is 2. The molecule has 4 nitrogen and oxygen atoms in total. The van der Waals surface area contributed by atoms with Gasteiger partial charge in [-0.1, -0.05) is 62.4 Å². The lowest BCUT2D eigenvalue weighted by molar-refractivity contribution is -0.133. The number of carbonyl (C=O) groups is 2. The molecular formula is C23H28N2O2. The van der Waals surface area contributed by atoms with Crippen molar-refractivity contribution in [3.8, 4) is 0 Å². The van der Waals surface area contributed by atoms with Crippen molar-refractivity contribution in [3.05, 3.63) is 71.3 Å². The molecule has 1 fully saturated rings. The molecule has 4 heteroatoms. The van der Waals surface area contributed by atoms with Crippen molar-refractivity contribution in [2.45, 2.75) is 32.6 Å². The van der Waals surface area contributed by atoms with E-state index in [9.17, 15) is 9.59 Å². The van der Waals surface area contributed by atoms with Crippen LogP contribution in [-0.4, -0.2) is 47.8 Å². The van der Waals surface area contributed by atoms with Crippen molar-refractivity contribution >= 4 is 11.8 Å². The molecule has 2 aromatic rings. The Hall–Kier alpha value is -2.62. The van der Waals surface area contributed by atoms with Gasteiger partial charge in [-0.25, -0.2) is 0 Å². The van der Waals surface area contributed by atoms with Crippen molar-refractivity contribution in [2.75, 3.05) is 26.2 Å². The van der Waals surface area contributed by atoms with E-state index in [4.69, 9.17) is 0 Å². The van der Waals surface area contributed by atoms with Crippen LogP contribution in [0.1, 0.15) is 41.8 Å². The Kier molecular flexibility index (Phi) is 5.64. The summed E-state index contributed by atoms with van der Waals surface area (Å²) in [7, 11) is 0. The highest BCUT2D eigenvalue weighted by molar-refractivity contribution is 5.95. The minimum atomic E-state index is -0.202. The number of rotatable bonds is 4. The van der Waals surface area contributed by atoms with Crippen molar-refractivity contribution in [1.29, 1.82) is 0 Å². The first kappa shape index (κ1) is 19.2. The van der Waals surface area contributed by atoms with E-state index in [0.29, 0.717) is 32.6 Å². The van der Waals surface area contributed by atoms with Crippen LogP contribution in [0, 0.1) is 6.92 Å². The molecule has 2 amide bonds. The zero-order valence-corrected chi connectivity index (χ0v) is 16.4. The first-order valence-electron chi connectivity index (χ1n) is 9.57. The molecule has 0 aliphatic carbocycles. The van der Waals surface area contributed by atoms with Crippen LogP contribution in [0.4, 0.5) is 0 Å². The molecule has 0 bridgehead atoms. The monoisotopic (exact) mass is 364 g/mol. The van der Waals surface area contributed by atoms with Gasteiger partial charge in [-0.05, 0) is 29.5 Å². The number of nitrogens with zero attached hydrogens (tertiary/aromatic N) is 2. The molecule has 1 saturated heterocycles. The zero-order valence-electron chi connectivity index (χ0n) is 16.4. The molecule has 3 rings (SSSR count). The molecule has 27 heavy (non-hydrogen) atoms. The summed E-state index contributed by atoms with van der Waals surface area (Å²) in [6.45, 7) is 8.55. The summed E-state index contributed by atoms with van der Waals surface area (Å²) in [5, 5.41) is 0. The number of carbonyl (C=O) groups excluding carboxylic acids is 2. The van der Waals surface area contributed by atoms with E-state index in [1.165, 1.54) is 5.56 Å². The molecule has 2 aromatic carbocycles. The lowest BCUT2D eigenvalue weighted by atomic mass is 9.81. The fraction of sp³-hybridized carbons (Fsp3) is 0.391. The smallest absolute Gasteiger partial charge is 0.254 e. The quantitative estimate of drug-likeness (QED) is 0.831. The Bertz CT molecular complexity index is 806. The molecule has 0 spiro atoms. The average molecular weight is 364 g/mol. The SMILES string of the molecule is Cc1ccccc1C(=O)N1CCN(C(=O)CC(C)(C)c2ccccc2)CC1. The van der Waals surface area contributed by atoms with Crippen LogP contribution in [0.5, 0.6) is 0 Å². The molecule has 1 aliphatic rings. The van der Waals surface area contributed by atoms with E-state index in [1.807, 2.05) is 59.2 Å². The fourth-order valence-electron chi connectivity index (χ4n) is 3.62. The van der Waals surface area contributed by atoms with Gasteiger partial charge in [-0.3, -0.25) is 9.59 Å². The third-order valence-electron chi connectivity index (χ3n) is 5.44. The highest BCUT2D eigenvalue weighted by atomic mass is 16.2. The molecule has 0 saturated carbocycles. The fourth-order valence-corrected chi connectivity index (χ4v) is 3.62. The van der Waals surface area contributed by atoms with Gasteiger partial charge in [0.2, 0.25) is 5.91 Å². The Balaban J connectivity index is 1.58. The van der Waals surface area contributed by atoms with Crippen LogP contribution < -0.4 is 0 Å². The summed E-state index contributed by atoms with van der Waals surface area (Å²) in [6.07, 6.45) is 0.475. The molecule has 0 aromatic heterocycles. The second-order valence-corrected chi connectivity index (χ2v) is 7.91. The summed E-state index contributed by atoms with van der Waals surface area (Å²) in [4.78, 5) is 29.3. The normalized spacial score (nSPS) is 14.9. The summed E-state index contributed by atoms with van der Waals surface area (Å²) in [5.74, 6) is 0.219. The van der Waals surface area contributed by atoms with Gasteiger partial charge < -0.3 is 9.80 Å². The van der Waals surface area contributed by atoms with Crippen LogP contribution in [0.3, 0.4) is 0 Å². The summed E-state index contributed by atoms with van der Waals surface area (Å²) in [6, 6.07) is 17.8. The lowest BCUT2D eigenvalue weighted by Crippen LogP contribution is -2.51. The first-order chi connectivity index (χ1) is 12.9. The van der Waals surface area contributed by atoms with Crippen molar-refractivity contribution in [1.82, 2.24) is 9.80 Å². The third kappa shape index (κ3) is 4.38. The van der Waals surface area contributed by atoms with E-state index in [2.05, 4.69) is 26.0 Å². The van der Waals surface area contributed by atoms with Crippen LogP contribution in [0.25, 0.3) is 0 Å². The average Bonchev–Trinajstić information content (AvgIpc) is 2.68. The second kappa shape index (κ2) is 7.95. The van der Waals surface area contributed by atoms with Crippen LogP contribution in [0.2, 0.25) is 0 Å². The van der Waals surface area contributed by atoms with Crippen LogP contribution in [0.15, 0.2) is 54.6 Å². The van der Waals surface area contributed by atoms with Gasteiger partial charge in [0, 0.05) is 38.2 Å². The van der Waals surface area contributed by atoms with Gasteiger partial charge in [0.25, 0.3) is 5.91 Å². The van der Waals surface area contributed by atoms with Gasteiger partial charge in [0.1, 0.15) is 0 Å². The Morgan fingerprint density at radius 2 is 1.41 bits per heavy atom. The molecule has 0 N–H and O–H groups in total. The predicted octanol–water partition coefficient (Wildman–Crippen LogP) is 3.65. The summed E-state index contributed by atoms with van der Waals surface area (Å²) in [5.41, 5.74) is 2.71. The zero-order chi connectivity index (χ0) is 19.4. The number of piperazine rings is 1. The van der Waals surface area contributed by atoms with Crippen LogP contribution >= 0.6 is 0 Å². The van der Waals surface area contributed by atoms with Gasteiger partial charge in [0.05, 0.1) is 0 Å². The van der Waals surface area contributed by atoms with Gasteiger partial charge in [-0.2, -0.15) is 0 Å². The van der Waals surface area contributed by atoms with Crippen molar-refractivity contribution in [2.24, 2.45) is 0 Å². The molecular weight excluding hydrogens is 336 g/mol. The minimum absolute atomic E-state index is 0.0600. The maximum atomic E-state index is 12.8. The van der Waals surface area contributed by atoms with Gasteiger partial charge in [0.15, 0.2) is 0 Å². The van der Waals surface area contributed by atoms with E-state index < -0.39 is 0 Å². The molecule has 1 aliphatic heterocycles. The van der Waals surface area contributed by atoms with E-state index in [0.717, 1.165) is 11.1 Å². The number of hydrogen-bond donors (Lipinski definition) is 0. The van der Waals surface area contributed by atoms with Gasteiger partial charge >= 0.3 is 0 Å². The molecule has 1 heterocycles. The minimum Gasteiger partial charge on any atom is -0.339 e. The Morgan fingerprint density at radius 3 is 2.04 bits per heavy atom. The highest BCUT2D eigenvalue weighted by Crippen LogP contribution is 2.27. The Morgan fingerprint density at radius 1 is 0.852 bits per heavy atom. The van der Waals surface area contributed by atoms with E-state index in [-0.39, 0.29) is 17.2 Å². The largest absolute Gasteiger partial charge is 0.339 e. The molecule has 0 atom stereocenters. The summed E-state index contributed by atoms with van der Waals surface area (Å²) >= 11 is 0. The number of amides is 2. The Labute approximate surface area is 161 Å². The molecule has 142 valence electrons. The maximum absolute atomic E-state index is 12.8. The predicted molar refractivity (Wildman–Crippen MR) is 108 cm³/mol. The third-order valence-corrected chi connectivity index (χ3v) is 5.44. The van der Waals surface area contributed by atoms with Crippen molar-refractivity contribution in [3.63, 3.8) is 0 Å². The summed E-state index contributed by atoms with van der Waals surface area (Å²) < 4.78 is 0. The first-order valence-corrected chi connectivity index (χ1v) is 9.57. The van der Waals surface area contributed by atoms with E-state index in [1.54, 1.807) is 0 Å². The number of aryl methyl sites for hydroxylation is 1. The lowest BCUT2D eigenvalue weighted by Gasteiger charge is -2.36. The topological polar surface area (TPSA) is 40.6 Å². The highest BCUT2D eigenvalue weighted by Gasteiger charge is 2.30. The maximum Gasteiger partial charge on any atom is 0.254 e. The number of hydrogen-bond acceptors (Lipinski definition) is 2. The standard InChI is InChI=1S/C23H28N2O2/c1-18-9-7-8-12-20(18)22(27)25-15-13-24(14-16-25)21(26)17-23(2,3)19-10-5-4-6-11-19/h4-12H,13-17H2,1-3H3. The van der Waals surface area contributed by atoms with Crippen LogP contribution in [-0.2, 0) is 10.2 Å². The molecule has 0 radical (unpaired) electrons. The second-order valence-electron chi connectivity index (χ2n) is 7.91.